The molecule has 2 aromatic heterocycles. The largest absolute Gasteiger partial charge is 0.477 e. The highest BCUT2D eigenvalue weighted by Gasteiger charge is 2.27. The number of carbonyl (C=O) groups is 1. The zero-order chi connectivity index (χ0) is 27.7. The molecule has 1 unspecified atom stereocenters. The molecular weight excluding hydrogens is 565 g/mol. The highest BCUT2D eigenvalue weighted by atomic mass is 35.5. The van der Waals surface area contributed by atoms with Crippen LogP contribution in [0.15, 0.2) is 88.2 Å². The second kappa shape index (κ2) is 10.5. The van der Waals surface area contributed by atoms with Crippen LogP contribution in [0.1, 0.15) is 28.4 Å². The van der Waals surface area contributed by atoms with Crippen molar-refractivity contribution in [1.29, 1.82) is 0 Å². The predicted molar refractivity (Wildman–Crippen MR) is 147 cm³/mol. The Morgan fingerprint density at radius 2 is 2.00 bits per heavy atom. The van der Waals surface area contributed by atoms with Crippen LogP contribution in [-0.2, 0) is 10.0 Å². The Morgan fingerprint density at radius 1 is 1.23 bits per heavy atom. The number of thiazole rings is 1. The Morgan fingerprint density at radius 3 is 2.72 bits per heavy atom. The molecule has 2 N–H and O–H groups in total. The number of sulfonamides is 1. The number of halogens is 2. The molecule has 0 amide bonds. The van der Waals surface area contributed by atoms with Gasteiger partial charge in [-0.05, 0) is 41.5 Å². The Bertz CT molecular complexity index is 1920. The maximum atomic E-state index is 14.4. The second-order valence-electron chi connectivity index (χ2n) is 8.31. The summed E-state index contributed by atoms with van der Waals surface area (Å²) in [5, 5.41) is 9.58. The molecule has 0 saturated heterocycles. The molecule has 4 aromatic rings. The van der Waals surface area contributed by atoms with Crippen LogP contribution in [0.5, 0.6) is 0 Å². The van der Waals surface area contributed by atoms with Crippen LogP contribution in [0, 0.1) is 17.7 Å². The number of anilines is 1. The van der Waals surface area contributed by atoms with E-state index in [4.69, 9.17) is 11.6 Å². The molecule has 0 spiro atoms. The standard InChI is InChI=1S/C27H17ClFN3O5S2/c28-18-12-13-21(20(29)14-18)39(36,37)31-27-30-22-24(33)19(26(34)35)15-32(25(22)38-27)23(17-10-6-3-7-11-17)16-8-4-1-2-5-9-16/h3-4,6-15,23H,5H2,(H,30,31)(H,34,35). The van der Waals surface area contributed by atoms with Gasteiger partial charge >= 0.3 is 5.97 Å². The average Bonchev–Trinajstić information content (AvgIpc) is 3.12. The van der Waals surface area contributed by atoms with E-state index in [-0.39, 0.29) is 20.5 Å². The normalized spacial score (nSPS) is 13.7. The van der Waals surface area contributed by atoms with Gasteiger partial charge in [0.25, 0.3) is 10.0 Å². The third-order valence-electron chi connectivity index (χ3n) is 5.82. The highest BCUT2D eigenvalue weighted by molar-refractivity contribution is 7.93. The molecule has 2 aromatic carbocycles. The van der Waals surface area contributed by atoms with E-state index in [0.29, 0.717) is 6.42 Å². The number of allylic oxidation sites excluding steroid dienone is 4. The van der Waals surface area contributed by atoms with Crippen LogP contribution in [0.2, 0.25) is 5.02 Å². The molecule has 0 fully saturated rings. The first kappa shape index (κ1) is 26.4. The summed E-state index contributed by atoms with van der Waals surface area (Å²) in [5.41, 5.74) is -0.131. The van der Waals surface area contributed by atoms with E-state index in [1.807, 2.05) is 36.4 Å². The van der Waals surface area contributed by atoms with E-state index in [0.717, 1.165) is 34.6 Å². The summed E-state index contributed by atoms with van der Waals surface area (Å²) in [5.74, 6) is 3.34. The van der Waals surface area contributed by atoms with Crippen molar-refractivity contribution >= 4 is 54.4 Å². The van der Waals surface area contributed by atoms with Crippen molar-refractivity contribution in [1.82, 2.24) is 9.55 Å². The van der Waals surface area contributed by atoms with Crippen molar-refractivity contribution in [3.63, 3.8) is 0 Å². The van der Waals surface area contributed by atoms with E-state index < -0.39 is 43.7 Å². The van der Waals surface area contributed by atoms with Crippen molar-refractivity contribution < 1.29 is 22.7 Å². The molecular formula is C27H17ClFN3O5S2. The minimum Gasteiger partial charge on any atom is -0.477 e. The first-order valence-electron chi connectivity index (χ1n) is 11.3. The van der Waals surface area contributed by atoms with E-state index in [2.05, 4.69) is 21.5 Å². The van der Waals surface area contributed by atoms with Crippen molar-refractivity contribution in [2.75, 3.05) is 4.72 Å². The molecule has 12 heteroatoms. The lowest BCUT2D eigenvalue weighted by Gasteiger charge is -2.23. The number of pyridine rings is 1. The third-order valence-corrected chi connectivity index (χ3v) is 8.54. The number of fused-ring (bicyclic) bond motifs is 1. The number of benzene rings is 2. The van der Waals surface area contributed by atoms with Gasteiger partial charge in [0.15, 0.2) is 5.13 Å². The zero-order valence-corrected chi connectivity index (χ0v) is 22.1. The van der Waals surface area contributed by atoms with Crippen LogP contribution in [-0.4, -0.2) is 29.0 Å². The van der Waals surface area contributed by atoms with Crippen molar-refractivity contribution in [3.05, 3.63) is 111 Å². The highest BCUT2D eigenvalue weighted by Crippen LogP contribution is 2.35. The summed E-state index contributed by atoms with van der Waals surface area (Å²) >= 11 is 6.56. The van der Waals surface area contributed by atoms with Crippen LogP contribution < -0.4 is 10.2 Å². The lowest BCUT2D eigenvalue weighted by Crippen LogP contribution is -2.22. The van der Waals surface area contributed by atoms with E-state index >= 15 is 0 Å². The summed E-state index contributed by atoms with van der Waals surface area (Å²) in [6.07, 6.45) is 7.05. The minimum atomic E-state index is -4.46. The summed E-state index contributed by atoms with van der Waals surface area (Å²) in [6.45, 7) is 0. The number of rotatable bonds is 7. The van der Waals surface area contributed by atoms with Crippen LogP contribution in [0.4, 0.5) is 9.52 Å². The molecule has 39 heavy (non-hydrogen) atoms. The summed E-state index contributed by atoms with van der Waals surface area (Å²) < 4.78 is 44.1. The molecule has 0 radical (unpaired) electrons. The van der Waals surface area contributed by atoms with Crippen LogP contribution >= 0.6 is 22.9 Å². The molecule has 5 rings (SSSR count). The lowest BCUT2D eigenvalue weighted by atomic mass is 9.96. The summed E-state index contributed by atoms with van der Waals surface area (Å²) in [7, 11) is -4.46. The first-order chi connectivity index (χ1) is 18.7. The Labute approximate surface area is 230 Å². The first-order valence-corrected chi connectivity index (χ1v) is 14.0. The number of aromatic nitrogens is 2. The molecule has 8 nitrogen and oxygen atoms in total. The smallest absolute Gasteiger partial charge is 0.341 e. The topological polar surface area (TPSA) is 118 Å². The SMILES string of the molecule is O=C(O)c1cn(C(C2=CCC#CC=C2)c2ccccc2)c2sc(NS(=O)(=O)c3ccc(Cl)cc3F)nc2c1=O. The van der Waals surface area contributed by atoms with Gasteiger partial charge in [-0.1, -0.05) is 71.2 Å². The van der Waals surface area contributed by atoms with Crippen molar-refractivity contribution in [3.8, 4) is 11.8 Å². The van der Waals surface area contributed by atoms with Gasteiger partial charge in [0, 0.05) is 17.6 Å². The van der Waals surface area contributed by atoms with E-state index in [1.165, 1.54) is 12.3 Å². The third kappa shape index (κ3) is 5.22. The van der Waals surface area contributed by atoms with Gasteiger partial charge in [0.05, 0.1) is 6.04 Å². The number of carboxylic acid groups (broad SMARTS) is 1. The van der Waals surface area contributed by atoms with Gasteiger partial charge in [-0.15, -0.1) is 0 Å². The van der Waals surface area contributed by atoms with Gasteiger partial charge < -0.3 is 9.67 Å². The van der Waals surface area contributed by atoms with E-state index in [9.17, 15) is 27.5 Å². The number of hydrogen-bond donors (Lipinski definition) is 2. The molecule has 196 valence electrons. The molecule has 2 heterocycles. The van der Waals surface area contributed by atoms with Gasteiger partial charge in [-0.2, -0.15) is 0 Å². The van der Waals surface area contributed by atoms with Crippen LogP contribution in [0.3, 0.4) is 0 Å². The van der Waals surface area contributed by atoms with Gasteiger partial charge in [0.2, 0.25) is 5.43 Å². The maximum Gasteiger partial charge on any atom is 0.341 e. The fourth-order valence-electron chi connectivity index (χ4n) is 4.11. The Balaban J connectivity index is 1.72. The number of aromatic carboxylic acids is 1. The Kier molecular flexibility index (Phi) is 7.10. The summed E-state index contributed by atoms with van der Waals surface area (Å²) in [6, 6.07) is 11.7. The van der Waals surface area contributed by atoms with Gasteiger partial charge in [0.1, 0.15) is 26.6 Å². The predicted octanol–water partition coefficient (Wildman–Crippen LogP) is 5.23. The van der Waals surface area contributed by atoms with E-state index in [1.54, 1.807) is 16.7 Å². The number of nitrogens with one attached hydrogen (secondary N) is 1. The monoisotopic (exact) mass is 581 g/mol. The quantitative estimate of drug-likeness (QED) is 0.289. The zero-order valence-electron chi connectivity index (χ0n) is 19.8. The Hall–Kier alpha value is -4.24. The average molecular weight is 582 g/mol. The summed E-state index contributed by atoms with van der Waals surface area (Å²) in [4.78, 5) is 28.8. The molecule has 1 atom stereocenters. The fourth-order valence-corrected chi connectivity index (χ4v) is 6.54. The molecule has 0 aliphatic heterocycles. The van der Waals surface area contributed by atoms with Gasteiger partial charge in [-0.25, -0.2) is 22.6 Å². The fraction of sp³-hybridized carbons (Fsp3) is 0.0741. The molecule has 1 aliphatic carbocycles. The number of carboxylic acids is 1. The molecule has 1 aliphatic rings. The molecule has 0 saturated carbocycles. The second-order valence-corrected chi connectivity index (χ2v) is 11.4. The maximum absolute atomic E-state index is 14.4. The van der Waals surface area contributed by atoms with Crippen molar-refractivity contribution in [2.24, 2.45) is 0 Å². The van der Waals surface area contributed by atoms with Crippen LogP contribution in [0.25, 0.3) is 10.3 Å². The molecule has 0 bridgehead atoms. The van der Waals surface area contributed by atoms with Crippen molar-refractivity contribution in [2.45, 2.75) is 17.4 Å². The minimum absolute atomic E-state index is 0.0175. The van der Waals surface area contributed by atoms with Gasteiger partial charge in [-0.3, -0.25) is 9.52 Å². The lowest BCUT2D eigenvalue weighted by molar-refractivity contribution is 0.0694. The number of nitrogens with zero attached hydrogens (tertiary/aromatic N) is 2. The number of hydrogen-bond acceptors (Lipinski definition) is 6.